The van der Waals surface area contributed by atoms with Gasteiger partial charge in [-0.25, -0.2) is 0 Å². The van der Waals surface area contributed by atoms with E-state index in [1.807, 2.05) is 30.3 Å². The molecule has 0 bridgehead atoms. The average molecular weight is 392 g/mol. The highest BCUT2D eigenvalue weighted by atomic mass is 79.9. The van der Waals surface area contributed by atoms with Gasteiger partial charge in [0.05, 0.1) is 41.8 Å². The predicted octanol–water partition coefficient (Wildman–Crippen LogP) is 1.53. The van der Waals surface area contributed by atoms with Crippen molar-refractivity contribution in [1.29, 1.82) is 0 Å². The number of carbonyl (C=O) groups excluding carboxylic acids is 1. The number of hydrogen-bond donors (Lipinski definition) is 2. The van der Waals surface area contributed by atoms with Crippen LogP contribution in [0.3, 0.4) is 0 Å². The van der Waals surface area contributed by atoms with Crippen molar-refractivity contribution in [2.24, 2.45) is 0 Å². The minimum atomic E-state index is -1.88. The van der Waals surface area contributed by atoms with Gasteiger partial charge in [0.15, 0.2) is 0 Å². The number of ether oxygens (including phenoxy) is 1. The minimum absolute atomic E-state index is 0.0247. The third-order valence-corrected chi connectivity index (χ3v) is 4.36. The van der Waals surface area contributed by atoms with Crippen molar-refractivity contribution in [2.75, 3.05) is 6.61 Å². The molecule has 1 amide bonds. The van der Waals surface area contributed by atoms with E-state index in [0.717, 1.165) is 5.56 Å². The van der Waals surface area contributed by atoms with Crippen LogP contribution in [0.5, 0.6) is 5.75 Å². The molecule has 0 saturated carbocycles. The van der Waals surface area contributed by atoms with E-state index in [0.29, 0.717) is 16.6 Å². The first-order chi connectivity index (χ1) is 11.8. The third kappa shape index (κ3) is 4.31. The van der Waals surface area contributed by atoms with E-state index in [1.165, 1.54) is 6.07 Å². The van der Waals surface area contributed by atoms with Gasteiger partial charge in [-0.15, -0.1) is 0 Å². The molecule has 3 rings (SSSR count). The van der Waals surface area contributed by atoms with Crippen molar-refractivity contribution in [3.8, 4) is 5.75 Å². The Hall–Kier alpha value is -1.66. The maximum atomic E-state index is 12.4. The van der Waals surface area contributed by atoms with Crippen molar-refractivity contribution >= 4 is 45.4 Å². The molecule has 2 unspecified atom stereocenters. The Morgan fingerprint density at radius 3 is 2.48 bits per heavy atom. The first-order valence-electron chi connectivity index (χ1n) is 7.64. The third-order valence-electron chi connectivity index (χ3n) is 3.90. The number of amides is 1. The second-order valence-electron chi connectivity index (χ2n) is 6.04. The van der Waals surface area contributed by atoms with Crippen LogP contribution in [0, 0.1) is 0 Å². The highest BCUT2D eigenvalue weighted by Gasteiger charge is 2.37. The smallest absolute Gasteiger partial charge is 0.253 e. The fourth-order valence-corrected chi connectivity index (χ4v) is 3.27. The summed E-state index contributed by atoms with van der Waals surface area (Å²) in [5.41, 5.74) is 1.58. The molecule has 4 nitrogen and oxygen atoms in total. The molecule has 2 atom stereocenters. The molecular formula is C17H13B3BrNO3. The van der Waals surface area contributed by atoms with Gasteiger partial charge < -0.3 is 15.2 Å². The number of aromatic hydroxyl groups is 1. The zero-order chi connectivity index (χ0) is 18.2. The highest BCUT2D eigenvalue weighted by molar-refractivity contribution is 9.10. The molecule has 0 aromatic heterocycles. The van der Waals surface area contributed by atoms with Crippen LogP contribution >= 0.6 is 15.9 Å². The molecule has 1 fully saturated rings. The summed E-state index contributed by atoms with van der Waals surface area (Å²) >= 11 is 3.38. The lowest BCUT2D eigenvalue weighted by Crippen LogP contribution is -2.50. The number of benzene rings is 2. The molecule has 8 heteroatoms. The monoisotopic (exact) mass is 391 g/mol. The summed E-state index contributed by atoms with van der Waals surface area (Å²) < 4.78 is 6.10. The van der Waals surface area contributed by atoms with E-state index < -0.39 is 11.1 Å². The summed E-state index contributed by atoms with van der Waals surface area (Å²) in [6.45, 7) is 0.588. The Morgan fingerprint density at radius 2 is 1.92 bits per heavy atom. The van der Waals surface area contributed by atoms with Crippen molar-refractivity contribution in [3.63, 3.8) is 0 Å². The van der Waals surface area contributed by atoms with E-state index >= 15 is 0 Å². The standard InChI is InChI=1S/C17H13B3BrNO3/c18-17(19,20)22-16(24)12-7-10(21)6-11(15(12)23)14(13-8-25-13)9-4-2-1-3-5-9/h1-7,13-14,23H,8H2,(H,22,24). The number of nitrogens with one attached hydrogen (secondary N) is 1. The highest BCUT2D eigenvalue weighted by Crippen LogP contribution is 2.42. The van der Waals surface area contributed by atoms with Crippen molar-refractivity contribution in [3.05, 3.63) is 63.6 Å². The van der Waals surface area contributed by atoms with Gasteiger partial charge in [-0.3, -0.25) is 4.79 Å². The van der Waals surface area contributed by atoms with Gasteiger partial charge >= 0.3 is 0 Å². The van der Waals surface area contributed by atoms with Crippen LogP contribution < -0.4 is 5.32 Å². The lowest BCUT2D eigenvalue weighted by atomic mass is 9.49. The van der Waals surface area contributed by atoms with Crippen LogP contribution in [0.1, 0.15) is 27.4 Å². The van der Waals surface area contributed by atoms with Crippen LogP contribution in [-0.2, 0) is 4.74 Å². The van der Waals surface area contributed by atoms with Crippen molar-refractivity contribution in [1.82, 2.24) is 5.32 Å². The summed E-state index contributed by atoms with van der Waals surface area (Å²) in [6.07, 6.45) is -0.0591. The lowest BCUT2D eigenvalue weighted by Gasteiger charge is -2.24. The molecule has 1 heterocycles. The molecule has 2 aromatic carbocycles. The van der Waals surface area contributed by atoms with Crippen LogP contribution in [0.15, 0.2) is 46.9 Å². The Balaban J connectivity index is 2.05. The molecular weight excluding hydrogens is 379 g/mol. The van der Waals surface area contributed by atoms with Gasteiger partial charge in [0, 0.05) is 16.0 Å². The zero-order valence-corrected chi connectivity index (χ0v) is 14.9. The Labute approximate surface area is 158 Å². The maximum absolute atomic E-state index is 12.4. The summed E-state index contributed by atoms with van der Waals surface area (Å²) in [5, 5.41) is 11.1. The number of rotatable bonds is 5. The van der Waals surface area contributed by atoms with Gasteiger partial charge in [-0.2, -0.15) is 0 Å². The van der Waals surface area contributed by atoms with Gasteiger partial charge in [0.1, 0.15) is 5.75 Å². The molecule has 1 aliphatic heterocycles. The maximum Gasteiger partial charge on any atom is 0.253 e. The fraction of sp³-hybridized carbons (Fsp3) is 0.235. The molecule has 6 radical (unpaired) electrons. The summed E-state index contributed by atoms with van der Waals surface area (Å²) in [6, 6.07) is 12.9. The van der Waals surface area contributed by atoms with Crippen LogP contribution in [0.25, 0.3) is 0 Å². The molecule has 0 spiro atoms. The molecule has 1 aliphatic rings. The summed E-state index contributed by atoms with van der Waals surface area (Å²) in [7, 11) is 16.3. The Bertz CT molecular complexity index is 792. The summed E-state index contributed by atoms with van der Waals surface area (Å²) in [5.74, 6) is -1.03. The Morgan fingerprint density at radius 1 is 1.28 bits per heavy atom. The quantitative estimate of drug-likeness (QED) is 0.600. The van der Waals surface area contributed by atoms with Gasteiger partial charge in [-0.1, -0.05) is 51.5 Å². The lowest BCUT2D eigenvalue weighted by molar-refractivity contribution is 0.0949. The van der Waals surface area contributed by atoms with Gasteiger partial charge in [-0.05, 0) is 17.7 Å². The predicted molar refractivity (Wildman–Crippen MR) is 101 cm³/mol. The second kappa shape index (κ2) is 6.92. The number of hydrogen-bond acceptors (Lipinski definition) is 3. The number of phenolic OH excluding ortho intramolecular Hbond substituents is 1. The SMILES string of the molecule is [B]C([B])([B])NC(=O)c1cc(Br)cc(C(c2ccccc2)C2CO2)c1O. The fourth-order valence-electron chi connectivity index (χ4n) is 2.80. The first kappa shape index (κ1) is 18.1. The van der Waals surface area contributed by atoms with Gasteiger partial charge in [0.25, 0.3) is 5.91 Å². The molecule has 1 saturated heterocycles. The average Bonchev–Trinajstić information content (AvgIpc) is 3.35. The van der Waals surface area contributed by atoms with E-state index in [1.54, 1.807) is 6.07 Å². The van der Waals surface area contributed by atoms with Gasteiger partial charge in [0.2, 0.25) is 0 Å². The van der Waals surface area contributed by atoms with E-state index in [9.17, 15) is 9.90 Å². The molecule has 120 valence electrons. The van der Waals surface area contributed by atoms with Crippen LogP contribution in [-0.4, -0.2) is 52.5 Å². The zero-order valence-electron chi connectivity index (χ0n) is 13.3. The van der Waals surface area contributed by atoms with E-state index in [-0.39, 0.29) is 23.3 Å². The number of phenols is 1. The minimum Gasteiger partial charge on any atom is -0.507 e. The molecule has 2 aromatic rings. The summed E-state index contributed by atoms with van der Waals surface area (Å²) in [4.78, 5) is 12.4. The Kier molecular flexibility index (Phi) is 5.03. The van der Waals surface area contributed by atoms with Crippen molar-refractivity contribution < 1.29 is 14.6 Å². The van der Waals surface area contributed by atoms with Crippen LogP contribution in [0.2, 0.25) is 0 Å². The molecule has 25 heavy (non-hydrogen) atoms. The topological polar surface area (TPSA) is 61.9 Å². The first-order valence-corrected chi connectivity index (χ1v) is 8.43. The number of epoxide rings is 1. The van der Waals surface area contributed by atoms with E-state index in [2.05, 4.69) is 21.2 Å². The number of carbonyl (C=O) groups is 1. The molecule has 2 N–H and O–H groups in total. The second-order valence-corrected chi connectivity index (χ2v) is 6.95. The number of halogens is 1. The molecule has 0 aliphatic carbocycles. The van der Waals surface area contributed by atoms with E-state index in [4.69, 9.17) is 28.3 Å². The van der Waals surface area contributed by atoms with Crippen LogP contribution in [0.4, 0.5) is 0 Å². The van der Waals surface area contributed by atoms with Crippen molar-refractivity contribution in [2.45, 2.75) is 17.3 Å². The largest absolute Gasteiger partial charge is 0.507 e. The normalized spacial score (nSPS) is 17.7.